The number of rotatable bonds is 9. The highest BCUT2D eigenvalue weighted by atomic mass is 16.4. The van der Waals surface area contributed by atoms with Crippen molar-refractivity contribution in [1.82, 2.24) is 0 Å². The monoisotopic (exact) mass is 373 g/mol. The van der Waals surface area contributed by atoms with Gasteiger partial charge in [-0.25, -0.2) is 0 Å². The lowest BCUT2D eigenvalue weighted by Gasteiger charge is -2.26. The summed E-state index contributed by atoms with van der Waals surface area (Å²) in [6.45, 7) is 3.65. The quantitative estimate of drug-likeness (QED) is 0.510. The van der Waals surface area contributed by atoms with Crippen molar-refractivity contribution in [3.05, 3.63) is 102 Å². The number of carboxylic acids is 1. The Bertz CT molecular complexity index is 836. The third kappa shape index (κ3) is 5.46. The Morgan fingerprint density at radius 3 is 1.93 bits per heavy atom. The molecule has 28 heavy (non-hydrogen) atoms. The fraction of sp³-hybridized carbons (Fsp3) is 0.240. The van der Waals surface area contributed by atoms with E-state index in [1.807, 2.05) is 31.2 Å². The van der Waals surface area contributed by atoms with Gasteiger partial charge in [0.25, 0.3) is 0 Å². The van der Waals surface area contributed by atoms with Gasteiger partial charge in [0.05, 0.1) is 6.42 Å². The third-order valence-corrected chi connectivity index (χ3v) is 5.05. The van der Waals surface area contributed by atoms with Gasteiger partial charge in [0.2, 0.25) is 0 Å². The second-order valence-electron chi connectivity index (χ2n) is 7.13. The minimum absolute atomic E-state index is 0.0350. The van der Waals surface area contributed by atoms with Gasteiger partial charge in [-0.2, -0.15) is 0 Å². The van der Waals surface area contributed by atoms with E-state index in [9.17, 15) is 9.90 Å². The van der Waals surface area contributed by atoms with Crippen molar-refractivity contribution in [2.45, 2.75) is 38.8 Å². The fourth-order valence-corrected chi connectivity index (χ4v) is 3.53. The summed E-state index contributed by atoms with van der Waals surface area (Å²) in [4.78, 5) is 13.6. The number of nitrogens with zero attached hydrogens (tertiary/aromatic N) is 1. The molecule has 144 valence electrons. The van der Waals surface area contributed by atoms with Gasteiger partial charge in [0.1, 0.15) is 0 Å². The van der Waals surface area contributed by atoms with Gasteiger partial charge in [-0.05, 0) is 41.2 Å². The summed E-state index contributed by atoms with van der Waals surface area (Å²) < 4.78 is 0. The predicted octanol–water partition coefficient (Wildman–Crippen LogP) is 5.86. The first kappa shape index (κ1) is 19.7. The van der Waals surface area contributed by atoms with Crippen LogP contribution in [0.4, 0.5) is 5.69 Å². The first-order chi connectivity index (χ1) is 13.7. The van der Waals surface area contributed by atoms with Crippen molar-refractivity contribution < 1.29 is 9.90 Å². The molecule has 3 rings (SSSR count). The van der Waals surface area contributed by atoms with Gasteiger partial charge < -0.3 is 10.0 Å². The summed E-state index contributed by atoms with van der Waals surface area (Å²) in [6.07, 6.45) is 0.977. The molecule has 0 aliphatic rings. The summed E-state index contributed by atoms with van der Waals surface area (Å²) in [5.74, 6) is -0.713. The highest BCUT2D eigenvalue weighted by molar-refractivity contribution is 5.68. The van der Waals surface area contributed by atoms with Crippen LogP contribution in [0.2, 0.25) is 0 Å². The van der Waals surface area contributed by atoms with Crippen LogP contribution in [-0.2, 0) is 17.9 Å². The van der Waals surface area contributed by atoms with Crippen molar-refractivity contribution in [3.8, 4) is 0 Å². The molecule has 3 heteroatoms. The largest absolute Gasteiger partial charge is 0.481 e. The van der Waals surface area contributed by atoms with Crippen molar-refractivity contribution >= 4 is 11.7 Å². The van der Waals surface area contributed by atoms with Gasteiger partial charge in [-0.15, -0.1) is 0 Å². The molecule has 0 bridgehead atoms. The number of anilines is 1. The lowest BCUT2D eigenvalue weighted by Crippen LogP contribution is -2.22. The lowest BCUT2D eigenvalue weighted by molar-refractivity contribution is -0.137. The van der Waals surface area contributed by atoms with Gasteiger partial charge in [0.15, 0.2) is 0 Å². The van der Waals surface area contributed by atoms with Crippen LogP contribution in [-0.4, -0.2) is 11.1 Å². The zero-order valence-corrected chi connectivity index (χ0v) is 16.3. The first-order valence-corrected chi connectivity index (χ1v) is 9.80. The lowest BCUT2D eigenvalue weighted by atomic mass is 9.93. The Kier molecular flexibility index (Phi) is 6.85. The normalized spacial score (nSPS) is 11.8. The van der Waals surface area contributed by atoms with E-state index in [2.05, 4.69) is 65.6 Å². The van der Waals surface area contributed by atoms with E-state index < -0.39 is 5.97 Å². The molecular formula is C25H27NO2. The number of hydrogen-bond donors (Lipinski definition) is 1. The Labute approximate surface area is 167 Å². The molecule has 0 saturated heterocycles. The van der Waals surface area contributed by atoms with Crippen LogP contribution >= 0.6 is 0 Å². The van der Waals surface area contributed by atoms with Crippen LogP contribution in [0.1, 0.15) is 42.4 Å². The molecule has 3 aromatic rings. The second-order valence-corrected chi connectivity index (χ2v) is 7.13. The van der Waals surface area contributed by atoms with Crippen molar-refractivity contribution in [2.75, 3.05) is 4.90 Å². The average molecular weight is 373 g/mol. The standard InChI is InChI=1S/C25H27NO2/c1-2-22(17-25(27)28)23-14-9-15-24(16-23)26(18-20-10-5-3-6-11-20)19-21-12-7-4-8-13-21/h3-16,22H,2,17-19H2,1H3,(H,27,28)/t22-/m1/s1. The molecule has 0 saturated carbocycles. The van der Waals surface area contributed by atoms with E-state index in [0.717, 1.165) is 30.8 Å². The molecule has 1 atom stereocenters. The predicted molar refractivity (Wildman–Crippen MR) is 114 cm³/mol. The first-order valence-electron chi connectivity index (χ1n) is 9.80. The molecule has 0 aliphatic carbocycles. The van der Waals surface area contributed by atoms with Crippen LogP contribution in [0, 0.1) is 0 Å². The zero-order chi connectivity index (χ0) is 19.8. The van der Waals surface area contributed by atoms with Crippen molar-refractivity contribution in [3.63, 3.8) is 0 Å². The Balaban J connectivity index is 1.90. The van der Waals surface area contributed by atoms with E-state index in [4.69, 9.17) is 0 Å². The summed E-state index contributed by atoms with van der Waals surface area (Å²) in [6, 6.07) is 29.2. The minimum atomic E-state index is -0.748. The van der Waals surface area contributed by atoms with E-state index >= 15 is 0 Å². The van der Waals surface area contributed by atoms with Crippen molar-refractivity contribution in [1.29, 1.82) is 0 Å². The Morgan fingerprint density at radius 2 is 1.43 bits per heavy atom. The molecule has 1 N–H and O–H groups in total. The summed E-state index contributed by atoms with van der Waals surface area (Å²) in [5, 5.41) is 9.23. The molecule has 0 unspecified atom stereocenters. The number of benzene rings is 3. The SMILES string of the molecule is CC[C@H](CC(=O)O)c1cccc(N(Cc2ccccc2)Cc2ccccc2)c1. The molecule has 3 aromatic carbocycles. The van der Waals surface area contributed by atoms with Crippen LogP contribution < -0.4 is 4.90 Å². The second kappa shape index (κ2) is 9.75. The van der Waals surface area contributed by atoms with Crippen LogP contribution in [0.5, 0.6) is 0 Å². The molecule has 0 heterocycles. The minimum Gasteiger partial charge on any atom is -0.481 e. The maximum atomic E-state index is 11.2. The molecule has 0 fully saturated rings. The molecule has 0 amide bonds. The molecule has 3 nitrogen and oxygen atoms in total. The fourth-order valence-electron chi connectivity index (χ4n) is 3.53. The van der Waals surface area contributed by atoms with Gasteiger partial charge in [-0.3, -0.25) is 4.79 Å². The number of aliphatic carboxylic acids is 1. The summed E-state index contributed by atoms with van der Waals surface area (Å²) in [5.41, 5.74) is 4.71. The smallest absolute Gasteiger partial charge is 0.303 e. The third-order valence-electron chi connectivity index (χ3n) is 5.05. The number of carbonyl (C=O) groups is 1. The van der Waals surface area contributed by atoms with E-state index in [1.165, 1.54) is 11.1 Å². The molecular weight excluding hydrogens is 346 g/mol. The van der Waals surface area contributed by atoms with Gasteiger partial charge in [-0.1, -0.05) is 79.7 Å². The highest BCUT2D eigenvalue weighted by Crippen LogP contribution is 2.28. The Morgan fingerprint density at radius 1 is 0.857 bits per heavy atom. The van der Waals surface area contributed by atoms with Crippen molar-refractivity contribution in [2.24, 2.45) is 0 Å². The number of carboxylic acid groups (broad SMARTS) is 1. The van der Waals surface area contributed by atoms with E-state index in [1.54, 1.807) is 0 Å². The van der Waals surface area contributed by atoms with E-state index in [-0.39, 0.29) is 12.3 Å². The summed E-state index contributed by atoms with van der Waals surface area (Å²) in [7, 11) is 0. The maximum Gasteiger partial charge on any atom is 0.303 e. The molecule has 0 radical (unpaired) electrons. The van der Waals surface area contributed by atoms with Crippen LogP contribution in [0.25, 0.3) is 0 Å². The van der Waals surface area contributed by atoms with Gasteiger partial charge in [0, 0.05) is 18.8 Å². The zero-order valence-electron chi connectivity index (χ0n) is 16.3. The highest BCUT2D eigenvalue weighted by Gasteiger charge is 2.16. The Hall–Kier alpha value is -3.07. The average Bonchev–Trinajstić information content (AvgIpc) is 2.73. The maximum absolute atomic E-state index is 11.2. The molecule has 0 aliphatic heterocycles. The van der Waals surface area contributed by atoms with Crippen LogP contribution in [0.15, 0.2) is 84.9 Å². The van der Waals surface area contributed by atoms with Crippen LogP contribution in [0.3, 0.4) is 0 Å². The van der Waals surface area contributed by atoms with Gasteiger partial charge >= 0.3 is 5.97 Å². The summed E-state index contributed by atoms with van der Waals surface area (Å²) >= 11 is 0. The van der Waals surface area contributed by atoms with E-state index in [0.29, 0.717) is 0 Å². The molecule has 0 aromatic heterocycles. The topological polar surface area (TPSA) is 40.5 Å². The number of hydrogen-bond acceptors (Lipinski definition) is 2. The molecule has 0 spiro atoms.